The summed E-state index contributed by atoms with van der Waals surface area (Å²) in [6.45, 7) is 3.43. The van der Waals surface area contributed by atoms with Gasteiger partial charge in [0.05, 0.1) is 24.4 Å². The molecule has 1 aliphatic rings. The molecule has 4 rings (SSSR count). The van der Waals surface area contributed by atoms with Gasteiger partial charge in [-0.05, 0) is 49.7 Å². The second kappa shape index (κ2) is 12.0. The van der Waals surface area contributed by atoms with E-state index in [2.05, 4.69) is 15.6 Å². The number of carbonyl (C=O) groups is 2. The second-order valence-corrected chi connectivity index (χ2v) is 9.49. The van der Waals surface area contributed by atoms with Gasteiger partial charge in [0, 0.05) is 36.0 Å². The molecule has 1 aliphatic heterocycles. The number of benzene rings is 2. The molecular formula is C26H28N4O4S2. The van der Waals surface area contributed by atoms with Crippen LogP contribution in [0.4, 0.5) is 10.5 Å². The number of piperidine rings is 1. The number of hydrogen-bond acceptors (Lipinski definition) is 7. The molecule has 10 heteroatoms. The Kier molecular flexibility index (Phi) is 8.50. The van der Waals surface area contributed by atoms with Gasteiger partial charge in [-0.15, -0.1) is 11.3 Å². The van der Waals surface area contributed by atoms with E-state index in [9.17, 15) is 9.59 Å². The van der Waals surface area contributed by atoms with E-state index in [0.717, 1.165) is 29.0 Å². The van der Waals surface area contributed by atoms with Crippen LogP contribution in [0.15, 0.2) is 53.9 Å². The van der Waals surface area contributed by atoms with Crippen LogP contribution in [0.1, 0.15) is 41.2 Å². The van der Waals surface area contributed by atoms with Crippen LogP contribution in [0.2, 0.25) is 0 Å². The summed E-state index contributed by atoms with van der Waals surface area (Å²) in [6.07, 6.45) is 1.12. The molecule has 2 N–H and O–H groups in total. The van der Waals surface area contributed by atoms with Crippen LogP contribution >= 0.6 is 23.6 Å². The third-order valence-corrected chi connectivity index (χ3v) is 7.30. The van der Waals surface area contributed by atoms with Crippen molar-refractivity contribution in [2.75, 3.05) is 32.1 Å². The highest BCUT2D eigenvalue weighted by atomic mass is 32.1. The van der Waals surface area contributed by atoms with Crippen molar-refractivity contribution in [2.45, 2.75) is 25.7 Å². The van der Waals surface area contributed by atoms with E-state index in [1.807, 2.05) is 53.4 Å². The molecule has 1 aromatic heterocycles. The van der Waals surface area contributed by atoms with Gasteiger partial charge in [0.1, 0.15) is 11.4 Å². The van der Waals surface area contributed by atoms with Crippen molar-refractivity contribution in [3.63, 3.8) is 0 Å². The van der Waals surface area contributed by atoms with Gasteiger partial charge in [0.25, 0.3) is 5.91 Å². The molecule has 0 bridgehead atoms. The van der Waals surface area contributed by atoms with E-state index in [1.54, 1.807) is 19.4 Å². The van der Waals surface area contributed by atoms with E-state index in [0.29, 0.717) is 41.9 Å². The van der Waals surface area contributed by atoms with Crippen LogP contribution in [-0.2, 0) is 4.74 Å². The summed E-state index contributed by atoms with van der Waals surface area (Å²) in [4.78, 5) is 31.3. The van der Waals surface area contributed by atoms with Gasteiger partial charge >= 0.3 is 6.09 Å². The van der Waals surface area contributed by atoms with E-state index >= 15 is 0 Å². The van der Waals surface area contributed by atoms with Crippen molar-refractivity contribution < 1.29 is 19.1 Å². The third-order valence-electron chi connectivity index (χ3n) is 5.93. The lowest BCUT2D eigenvalue weighted by molar-refractivity contribution is 0.102. The normalized spacial score (nSPS) is 13.7. The number of nitrogens with one attached hydrogen (secondary N) is 2. The summed E-state index contributed by atoms with van der Waals surface area (Å²) in [5, 5.41) is 8.71. The average molecular weight is 525 g/mol. The molecule has 0 spiro atoms. The van der Waals surface area contributed by atoms with Gasteiger partial charge in [-0.25, -0.2) is 9.78 Å². The topological polar surface area (TPSA) is 92.8 Å². The fraction of sp³-hybridized carbons (Fsp3) is 0.308. The number of thiocarbonyl (C=S) groups is 1. The number of hydrogen-bond donors (Lipinski definition) is 2. The fourth-order valence-corrected chi connectivity index (χ4v) is 5.29. The Hall–Kier alpha value is -3.50. The lowest BCUT2D eigenvalue weighted by Crippen LogP contribution is -2.46. The second-order valence-electron chi connectivity index (χ2n) is 8.21. The van der Waals surface area contributed by atoms with Crippen LogP contribution in [0.5, 0.6) is 5.75 Å². The molecule has 188 valence electrons. The van der Waals surface area contributed by atoms with Gasteiger partial charge in [-0.1, -0.05) is 30.3 Å². The van der Waals surface area contributed by atoms with Crippen molar-refractivity contribution in [3.8, 4) is 16.9 Å². The highest BCUT2D eigenvalue weighted by molar-refractivity contribution is 7.80. The quantitative estimate of drug-likeness (QED) is 0.424. The Balaban J connectivity index is 1.40. The molecule has 2 heterocycles. The number of thiazole rings is 1. The first-order chi connectivity index (χ1) is 17.5. The SMILES string of the molecule is CCOC(=O)NC(=S)N1CCC(c2nc(C(=O)Nc3cc(OC)ccc3-c3ccccc3)cs2)CC1. The Bertz CT molecular complexity index is 1220. The number of nitrogens with zero attached hydrogens (tertiary/aromatic N) is 2. The molecule has 8 nitrogen and oxygen atoms in total. The minimum atomic E-state index is -0.536. The number of carbonyl (C=O) groups excluding carboxylic acids is 2. The Morgan fingerprint density at radius 2 is 1.92 bits per heavy atom. The van der Waals surface area contributed by atoms with Gasteiger partial charge < -0.3 is 19.7 Å². The lowest BCUT2D eigenvalue weighted by Gasteiger charge is -2.32. The van der Waals surface area contributed by atoms with Crippen LogP contribution in [-0.4, -0.2) is 53.8 Å². The third kappa shape index (κ3) is 6.19. The van der Waals surface area contributed by atoms with Gasteiger partial charge in [0.2, 0.25) is 0 Å². The molecule has 3 aromatic rings. The summed E-state index contributed by atoms with van der Waals surface area (Å²) < 4.78 is 10.3. The van der Waals surface area contributed by atoms with Crippen molar-refractivity contribution in [3.05, 3.63) is 64.6 Å². The summed E-state index contributed by atoms with van der Waals surface area (Å²) >= 11 is 6.82. The number of methoxy groups -OCH3 is 1. The molecule has 0 atom stereocenters. The first kappa shape index (κ1) is 25.6. The van der Waals surface area contributed by atoms with Crippen molar-refractivity contribution >= 4 is 46.4 Å². The highest BCUT2D eigenvalue weighted by Crippen LogP contribution is 2.33. The predicted molar refractivity (Wildman–Crippen MR) is 145 cm³/mol. The number of amides is 2. The Morgan fingerprint density at radius 1 is 1.17 bits per heavy atom. The van der Waals surface area contributed by atoms with Crippen molar-refractivity contribution in [1.82, 2.24) is 15.2 Å². The molecule has 0 saturated carbocycles. The van der Waals surface area contributed by atoms with Crippen LogP contribution in [0.25, 0.3) is 11.1 Å². The maximum atomic E-state index is 13.1. The monoisotopic (exact) mass is 524 g/mol. The molecule has 0 unspecified atom stereocenters. The molecule has 1 fully saturated rings. The van der Waals surface area contributed by atoms with Gasteiger partial charge in [-0.3, -0.25) is 10.1 Å². The summed E-state index contributed by atoms with van der Waals surface area (Å²) in [7, 11) is 1.60. The van der Waals surface area contributed by atoms with Crippen LogP contribution < -0.4 is 15.4 Å². The summed E-state index contributed by atoms with van der Waals surface area (Å²) in [5.41, 5.74) is 2.95. The smallest absolute Gasteiger partial charge is 0.413 e. The zero-order valence-electron chi connectivity index (χ0n) is 20.2. The number of anilines is 1. The first-order valence-electron chi connectivity index (χ1n) is 11.7. The highest BCUT2D eigenvalue weighted by Gasteiger charge is 2.26. The molecule has 1 saturated heterocycles. The average Bonchev–Trinajstić information content (AvgIpc) is 3.40. The molecule has 2 aromatic carbocycles. The van der Waals surface area contributed by atoms with Gasteiger partial charge in [-0.2, -0.15) is 0 Å². The zero-order valence-corrected chi connectivity index (χ0v) is 21.8. The standard InChI is InChI=1S/C26H28N4O4S2/c1-3-34-26(32)29-25(35)30-13-11-18(12-14-30)24-28-22(16-36-24)23(31)27-21-15-19(33-2)9-10-20(21)17-7-5-4-6-8-17/h4-10,15-16,18H,3,11-14H2,1-2H3,(H,27,31)(H,29,32,35). The molecule has 0 aliphatic carbocycles. The van der Waals surface area contributed by atoms with E-state index in [-0.39, 0.29) is 11.8 Å². The Labute approximate surface area is 219 Å². The minimum absolute atomic E-state index is 0.231. The maximum absolute atomic E-state index is 13.1. The molecule has 0 radical (unpaired) electrons. The number of aromatic nitrogens is 1. The van der Waals surface area contributed by atoms with Crippen LogP contribution in [0.3, 0.4) is 0 Å². The van der Waals surface area contributed by atoms with Crippen molar-refractivity contribution in [2.24, 2.45) is 0 Å². The molecule has 36 heavy (non-hydrogen) atoms. The minimum Gasteiger partial charge on any atom is -0.497 e. The fourth-order valence-electron chi connectivity index (χ4n) is 4.05. The number of likely N-dealkylation sites (tertiary alicyclic amines) is 1. The molecule has 2 amide bonds. The largest absolute Gasteiger partial charge is 0.497 e. The number of rotatable bonds is 6. The summed E-state index contributed by atoms with van der Waals surface area (Å²) in [5.74, 6) is 0.626. The Morgan fingerprint density at radius 3 is 2.61 bits per heavy atom. The van der Waals surface area contributed by atoms with E-state index in [4.69, 9.17) is 21.7 Å². The zero-order chi connectivity index (χ0) is 25.5. The number of ether oxygens (including phenoxy) is 2. The summed E-state index contributed by atoms with van der Waals surface area (Å²) in [6, 6.07) is 15.5. The maximum Gasteiger partial charge on any atom is 0.413 e. The molecular weight excluding hydrogens is 496 g/mol. The number of alkyl carbamates (subject to hydrolysis) is 1. The first-order valence-corrected chi connectivity index (χ1v) is 13.0. The van der Waals surface area contributed by atoms with Crippen LogP contribution in [0, 0.1) is 0 Å². The van der Waals surface area contributed by atoms with Gasteiger partial charge in [0.15, 0.2) is 5.11 Å². The van der Waals surface area contributed by atoms with E-state index in [1.165, 1.54) is 11.3 Å². The van der Waals surface area contributed by atoms with Crippen molar-refractivity contribution in [1.29, 1.82) is 0 Å². The van der Waals surface area contributed by atoms with E-state index < -0.39 is 6.09 Å². The predicted octanol–water partition coefficient (Wildman–Crippen LogP) is 5.28. The lowest BCUT2D eigenvalue weighted by atomic mass is 9.98.